The third kappa shape index (κ3) is 3.61. The molecule has 0 fully saturated rings. The quantitative estimate of drug-likeness (QED) is 0.472. The summed E-state index contributed by atoms with van der Waals surface area (Å²) in [6, 6.07) is 8.99. The summed E-state index contributed by atoms with van der Waals surface area (Å²) in [6.07, 6.45) is 1.64. The van der Waals surface area contributed by atoms with E-state index in [0.29, 0.717) is 17.9 Å². The molecule has 0 saturated heterocycles. The van der Waals surface area contributed by atoms with Gasteiger partial charge in [-0.05, 0) is 44.2 Å². The molecule has 25 heavy (non-hydrogen) atoms. The number of ketones is 1. The average molecular weight is 357 g/mol. The minimum Gasteiger partial charge on any atom is -0.497 e. The van der Waals surface area contributed by atoms with Crippen molar-refractivity contribution in [1.82, 2.24) is 14.8 Å². The maximum absolute atomic E-state index is 12.4. The van der Waals surface area contributed by atoms with Gasteiger partial charge in [0, 0.05) is 12.1 Å². The van der Waals surface area contributed by atoms with E-state index in [0.717, 1.165) is 28.1 Å². The molecule has 1 aromatic carbocycles. The highest BCUT2D eigenvalue weighted by Gasteiger charge is 2.17. The Morgan fingerprint density at radius 2 is 2.00 bits per heavy atom. The van der Waals surface area contributed by atoms with Gasteiger partial charge < -0.3 is 13.7 Å². The van der Waals surface area contributed by atoms with Crippen LogP contribution in [0.25, 0.3) is 11.4 Å². The van der Waals surface area contributed by atoms with Gasteiger partial charge in [-0.2, -0.15) is 0 Å². The topological polar surface area (TPSA) is 70.2 Å². The van der Waals surface area contributed by atoms with Gasteiger partial charge in [0.25, 0.3) is 0 Å². The second-order valence-corrected chi connectivity index (χ2v) is 6.32. The molecular formula is C18H19N3O3S. The molecule has 6 nitrogen and oxygen atoms in total. The zero-order valence-corrected chi connectivity index (χ0v) is 15.2. The zero-order valence-electron chi connectivity index (χ0n) is 14.4. The number of ether oxygens (including phenoxy) is 1. The van der Waals surface area contributed by atoms with Crippen LogP contribution in [0.1, 0.15) is 23.0 Å². The van der Waals surface area contributed by atoms with Gasteiger partial charge in [0.05, 0.1) is 24.7 Å². The van der Waals surface area contributed by atoms with E-state index in [1.54, 1.807) is 37.6 Å². The van der Waals surface area contributed by atoms with Crippen molar-refractivity contribution in [3.63, 3.8) is 0 Å². The molecule has 0 spiro atoms. The van der Waals surface area contributed by atoms with Crippen LogP contribution in [0.3, 0.4) is 0 Å². The minimum absolute atomic E-state index is 0.0411. The zero-order chi connectivity index (χ0) is 17.8. The number of carbonyl (C=O) groups is 1. The second-order valence-electron chi connectivity index (χ2n) is 5.38. The third-order valence-electron chi connectivity index (χ3n) is 3.88. The van der Waals surface area contributed by atoms with Crippen molar-refractivity contribution in [3.8, 4) is 17.1 Å². The van der Waals surface area contributed by atoms with Gasteiger partial charge in [0.15, 0.2) is 16.8 Å². The fraction of sp³-hybridized carbons (Fsp3) is 0.278. The lowest BCUT2D eigenvalue weighted by Gasteiger charge is -2.07. The molecule has 0 saturated carbocycles. The van der Waals surface area contributed by atoms with E-state index < -0.39 is 0 Å². The number of nitrogens with zero attached hydrogens (tertiary/aromatic N) is 3. The molecular weight excluding hydrogens is 338 g/mol. The molecule has 0 radical (unpaired) electrons. The van der Waals surface area contributed by atoms with Gasteiger partial charge in [0.1, 0.15) is 11.5 Å². The summed E-state index contributed by atoms with van der Waals surface area (Å²) in [4.78, 5) is 12.4. The van der Waals surface area contributed by atoms with E-state index in [4.69, 9.17) is 9.15 Å². The molecule has 7 heteroatoms. The Morgan fingerprint density at radius 1 is 1.24 bits per heavy atom. The standard InChI is InChI=1S/C18H19N3O3S/c1-4-21-17(15-9-10-24-12(15)2)19-20-18(21)25-11-16(22)13-5-7-14(23-3)8-6-13/h5-10H,4,11H2,1-3H3. The second kappa shape index (κ2) is 7.57. The average Bonchev–Trinajstić information content (AvgIpc) is 3.24. The highest BCUT2D eigenvalue weighted by Crippen LogP contribution is 2.27. The lowest BCUT2D eigenvalue weighted by molar-refractivity contribution is 0.102. The predicted molar refractivity (Wildman–Crippen MR) is 96.2 cm³/mol. The van der Waals surface area contributed by atoms with E-state index in [2.05, 4.69) is 10.2 Å². The van der Waals surface area contributed by atoms with E-state index in [9.17, 15) is 4.79 Å². The molecule has 130 valence electrons. The third-order valence-corrected chi connectivity index (χ3v) is 4.84. The normalized spacial score (nSPS) is 10.8. The molecule has 0 amide bonds. The van der Waals surface area contributed by atoms with Crippen molar-refractivity contribution in [2.75, 3.05) is 12.9 Å². The highest BCUT2D eigenvalue weighted by atomic mass is 32.2. The van der Waals surface area contributed by atoms with Crippen LogP contribution < -0.4 is 4.74 Å². The molecule has 2 aromatic heterocycles. The Balaban J connectivity index is 1.74. The number of hydrogen-bond acceptors (Lipinski definition) is 6. The number of rotatable bonds is 7. The van der Waals surface area contributed by atoms with Crippen LogP contribution in [0, 0.1) is 6.92 Å². The van der Waals surface area contributed by atoms with Gasteiger partial charge in [-0.1, -0.05) is 11.8 Å². The number of methoxy groups -OCH3 is 1. The maximum Gasteiger partial charge on any atom is 0.191 e. The molecule has 3 aromatic rings. The van der Waals surface area contributed by atoms with Crippen molar-refractivity contribution in [2.45, 2.75) is 25.5 Å². The first-order valence-electron chi connectivity index (χ1n) is 7.91. The van der Waals surface area contributed by atoms with Crippen LogP contribution in [0.5, 0.6) is 5.75 Å². The van der Waals surface area contributed by atoms with E-state index >= 15 is 0 Å². The van der Waals surface area contributed by atoms with Gasteiger partial charge in [-0.15, -0.1) is 10.2 Å². The first-order chi connectivity index (χ1) is 12.1. The number of thioether (sulfide) groups is 1. The van der Waals surface area contributed by atoms with Crippen LogP contribution in [0.4, 0.5) is 0 Å². The predicted octanol–water partition coefficient (Wildman–Crippen LogP) is 3.85. The molecule has 0 atom stereocenters. The first-order valence-corrected chi connectivity index (χ1v) is 8.90. The Kier molecular flexibility index (Phi) is 5.23. The van der Waals surface area contributed by atoms with Crippen molar-refractivity contribution in [2.24, 2.45) is 0 Å². The summed E-state index contributed by atoms with van der Waals surface area (Å²) in [5, 5.41) is 9.23. The first kappa shape index (κ1) is 17.3. The Bertz CT molecular complexity index is 868. The van der Waals surface area contributed by atoms with Crippen molar-refractivity contribution in [1.29, 1.82) is 0 Å². The number of furan rings is 1. The number of aromatic nitrogens is 3. The van der Waals surface area contributed by atoms with Crippen molar-refractivity contribution < 1.29 is 13.9 Å². The summed E-state index contributed by atoms with van der Waals surface area (Å²) >= 11 is 1.39. The molecule has 2 heterocycles. The summed E-state index contributed by atoms with van der Waals surface area (Å²) in [7, 11) is 1.60. The Hall–Kier alpha value is -2.54. The summed E-state index contributed by atoms with van der Waals surface area (Å²) in [5.74, 6) is 2.63. The molecule has 0 aliphatic heterocycles. The van der Waals surface area contributed by atoms with E-state index in [1.807, 2.05) is 24.5 Å². The van der Waals surface area contributed by atoms with Gasteiger partial charge in [-0.25, -0.2) is 0 Å². The van der Waals surface area contributed by atoms with Crippen LogP contribution in [-0.4, -0.2) is 33.4 Å². The van der Waals surface area contributed by atoms with Gasteiger partial charge in [-0.3, -0.25) is 4.79 Å². The summed E-state index contributed by atoms with van der Waals surface area (Å²) in [5.41, 5.74) is 1.57. The largest absolute Gasteiger partial charge is 0.497 e. The lowest BCUT2D eigenvalue weighted by Crippen LogP contribution is -2.05. The minimum atomic E-state index is 0.0411. The summed E-state index contributed by atoms with van der Waals surface area (Å²) in [6.45, 7) is 4.63. The number of hydrogen-bond donors (Lipinski definition) is 0. The van der Waals surface area contributed by atoms with Crippen LogP contribution in [-0.2, 0) is 6.54 Å². The molecule has 3 rings (SSSR count). The highest BCUT2D eigenvalue weighted by molar-refractivity contribution is 7.99. The number of Topliss-reactive ketones (excluding diaryl/α,β-unsaturated/α-hetero) is 1. The summed E-state index contributed by atoms with van der Waals surface area (Å²) < 4.78 is 12.5. The monoisotopic (exact) mass is 357 g/mol. The SMILES string of the molecule is CCn1c(SCC(=O)c2ccc(OC)cc2)nnc1-c1ccoc1C. The molecule has 0 bridgehead atoms. The lowest BCUT2D eigenvalue weighted by atomic mass is 10.1. The van der Waals surface area contributed by atoms with Crippen molar-refractivity contribution >= 4 is 17.5 Å². The van der Waals surface area contributed by atoms with Crippen LogP contribution in [0.2, 0.25) is 0 Å². The molecule has 0 aliphatic rings. The maximum atomic E-state index is 12.4. The van der Waals surface area contributed by atoms with Crippen LogP contribution >= 0.6 is 11.8 Å². The van der Waals surface area contributed by atoms with Gasteiger partial charge >= 0.3 is 0 Å². The molecule has 0 aliphatic carbocycles. The number of benzene rings is 1. The Labute approximate surface area is 150 Å². The van der Waals surface area contributed by atoms with Crippen molar-refractivity contribution in [3.05, 3.63) is 47.9 Å². The molecule has 0 N–H and O–H groups in total. The van der Waals surface area contributed by atoms with E-state index in [-0.39, 0.29) is 5.78 Å². The smallest absolute Gasteiger partial charge is 0.191 e. The van der Waals surface area contributed by atoms with E-state index in [1.165, 1.54) is 11.8 Å². The van der Waals surface area contributed by atoms with Crippen LogP contribution in [0.15, 0.2) is 46.2 Å². The number of carbonyl (C=O) groups excluding carboxylic acids is 1. The van der Waals surface area contributed by atoms with Gasteiger partial charge in [0.2, 0.25) is 0 Å². The fourth-order valence-electron chi connectivity index (χ4n) is 2.49. The Morgan fingerprint density at radius 3 is 2.60 bits per heavy atom. The fourth-order valence-corrected chi connectivity index (χ4v) is 3.38. The molecule has 0 unspecified atom stereocenters. The number of aryl methyl sites for hydroxylation is 1.